The van der Waals surface area contributed by atoms with Crippen molar-refractivity contribution in [2.75, 3.05) is 6.61 Å². The number of carbonyl (C=O) groups is 2. The minimum Gasteiger partial charge on any atom is -0.489 e. The maximum absolute atomic E-state index is 12.5. The van der Waals surface area contributed by atoms with Gasteiger partial charge in [-0.3, -0.25) is 0 Å². The van der Waals surface area contributed by atoms with Gasteiger partial charge in [-0.1, -0.05) is 44.2 Å². The Bertz CT molecular complexity index is 737. The molecule has 0 fully saturated rings. The molecule has 0 amide bonds. The molecule has 0 saturated carbocycles. The number of carbonyl (C=O) groups excluding carboxylic acids is 2. The Morgan fingerprint density at radius 2 is 1.80 bits per heavy atom. The van der Waals surface area contributed by atoms with Gasteiger partial charge in [-0.05, 0) is 30.7 Å². The van der Waals surface area contributed by atoms with Crippen molar-refractivity contribution in [2.45, 2.75) is 19.8 Å². The number of esters is 2. The summed E-state index contributed by atoms with van der Waals surface area (Å²) >= 11 is 0. The molecule has 2 aromatic carbocycles. The Morgan fingerprint density at radius 3 is 2.48 bits per heavy atom. The van der Waals surface area contributed by atoms with Gasteiger partial charge in [0.05, 0.1) is 6.61 Å². The predicted molar refractivity (Wildman–Crippen MR) is 94.1 cm³/mol. The minimum atomic E-state index is -0.631. The smallest absolute Gasteiger partial charge is 0.347 e. The first-order valence-corrected chi connectivity index (χ1v) is 8.03. The fourth-order valence-electron chi connectivity index (χ4n) is 2.02. The van der Waals surface area contributed by atoms with Crippen LogP contribution in [0.5, 0.6) is 17.2 Å². The van der Waals surface area contributed by atoms with Crippen LogP contribution in [0.2, 0.25) is 0 Å². The maximum atomic E-state index is 12.5. The molecular formula is C20H20O5. The molecule has 0 aliphatic rings. The molecule has 0 spiro atoms. The number of benzene rings is 2. The zero-order chi connectivity index (χ0) is 18.1. The van der Waals surface area contributed by atoms with E-state index in [1.165, 1.54) is 0 Å². The van der Waals surface area contributed by atoms with Crippen LogP contribution in [0.3, 0.4) is 0 Å². The minimum absolute atomic E-state index is 0.156. The predicted octanol–water partition coefficient (Wildman–Crippen LogP) is 4.18. The third-order valence-electron chi connectivity index (χ3n) is 3.27. The van der Waals surface area contributed by atoms with E-state index in [0.29, 0.717) is 12.4 Å². The molecule has 130 valence electrons. The van der Waals surface area contributed by atoms with Gasteiger partial charge in [0.25, 0.3) is 0 Å². The summed E-state index contributed by atoms with van der Waals surface area (Å²) in [6.07, 6.45) is 2.78. The summed E-state index contributed by atoms with van der Waals surface area (Å²) in [6, 6.07) is 13.4. The van der Waals surface area contributed by atoms with Gasteiger partial charge in [-0.25, -0.2) is 9.59 Å². The molecule has 0 unspecified atom stereocenters. The van der Waals surface area contributed by atoms with E-state index >= 15 is 0 Å². The van der Waals surface area contributed by atoms with Crippen LogP contribution in [-0.4, -0.2) is 18.5 Å². The van der Waals surface area contributed by atoms with Gasteiger partial charge in [0.1, 0.15) is 11.3 Å². The third-order valence-corrected chi connectivity index (χ3v) is 3.27. The lowest BCUT2D eigenvalue weighted by Gasteiger charge is -2.14. The Labute approximate surface area is 146 Å². The summed E-state index contributed by atoms with van der Waals surface area (Å²) in [5.41, 5.74) is 0.189. The van der Waals surface area contributed by atoms with Gasteiger partial charge in [-0.15, -0.1) is 0 Å². The summed E-state index contributed by atoms with van der Waals surface area (Å²) in [5, 5.41) is 0. The van der Waals surface area contributed by atoms with Crippen molar-refractivity contribution in [3.63, 3.8) is 0 Å². The molecule has 0 aliphatic heterocycles. The van der Waals surface area contributed by atoms with E-state index in [9.17, 15) is 9.59 Å². The molecule has 0 radical (unpaired) electrons. The molecule has 0 N–H and O–H groups in total. The molecule has 5 nitrogen and oxygen atoms in total. The Morgan fingerprint density at radius 1 is 1.04 bits per heavy atom. The largest absolute Gasteiger partial charge is 0.489 e. The first-order chi connectivity index (χ1) is 12.2. The Hall–Kier alpha value is -3.08. The van der Waals surface area contributed by atoms with E-state index in [2.05, 4.69) is 6.58 Å². The fourth-order valence-corrected chi connectivity index (χ4v) is 2.02. The molecule has 0 heterocycles. The number of rotatable bonds is 8. The van der Waals surface area contributed by atoms with E-state index in [4.69, 9.17) is 14.2 Å². The summed E-state index contributed by atoms with van der Waals surface area (Å²) in [7, 11) is 0. The van der Waals surface area contributed by atoms with Crippen molar-refractivity contribution >= 4 is 11.9 Å². The lowest BCUT2D eigenvalue weighted by Crippen LogP contribution is -2.13. The molecule has 25 heavy (non-hydrogen) atoms. The van der Waals surface area contributed by atoms with Crippen LogP contribution in [0.4, 0.5) is 0 Å². The van der Waals surface area contributed by atoms with Gasteiger partial charge < -0.3 is 14.2 Å². The average Bonchev–Trinajstić information content (AvgIpc) is 2.63. The first-order valence-electron chi connectivity index (χ1n) is 8.03. The Kier molecular flexibility index (Phi) is 6.77. The molecule has 0 aliphatic carbocycles. The molecule has 5 heteroatoms. The first kappa shape index (κ1) is 18.3. The summed E-state index contributed by atoms with van der Waals surface area (Å²) < 4.78 is 16.2. The second-order valence-corrected chi connectivity index (χ2v) is 5.16. The van der Waals surface area contributed by atoms with Crippen molar-refractivity contribution < 1.29 is 23.8 Å². The normalized spacial score (nSPS) is 9.96. The second-order valence-electron chi connectivity index (χ2n) is 5.16. The molecular weight excluding hydrogens is 320 g/mol. The standard InChI is InChI=1S/C20H20O5/c1-3-5-14-23-19-16(12-9-13-17(19)25-18(21)4-2)20(22)24-15-10-7-6-8-11-15/h4,6-13H,2-3,5,14H2,1H3. The highest BCUT2D eigenvalue weighted by molar-refractivity contribution is 5.95. The molecule has 0 aromatic heterocycles. The zero-order valence-electron chi connectivity index (χ0n) is 14.1. The van der Waals surface area contributed by atoms with E-state index in [0.717, 1.165) is 18.9 Å². The van der Waals surface area contributed by atoms with E-state index < -0.39 is 11.9 Å². The third kappa shape index (κ3) is 5.21. The van der Waals surface area contributed by atoms with Crippen molar-refractivity contribution in [1.82, 2.24) is 0 Å². The van der Waals surface area contributed by atoms with Gasteiger partial charge in [0.15, 0.2) is 11.5 Å². The molecule has 2 aromatic rings. The summed E-state index contributed by atoms with van der Waals surface area (Å²) in [4.78, 5) is 24.0. The number of ether oxygens (including phenoxy) is 3. The van der Waals surface area contributed by atoms with Gasteiger partial charge >= 0.3 is 11.9 Å². The molecule has 0 bridgehead atoms. The Balaban J connectivity index is 2.30. The van der Waals surface area contributed by atoms with Crippen molar-refractivity contribution in [1.29, 1.82) is 0 Å². The van der Waals surface area contributed by atoms with Crippen molar-refractivity contribution in [3.05, 3.63) is 66.7 Å². The van der Waals surface area contributed by atoms with Gasteiger partial charge in [-0.2, -0.15) is 0 Å². The lowest BCUT2D eigenvalue weighted by molar-refractivity contribution is -0.129. The van der Waals surface area contributed by atoms with Crippen molar-refractivity contribution in [3.8, 4) is 17.2 Å². The number of hydrogen-bond donors (Lipinski definition) is 0. The van der Waals surface area contributed by atoms with Crippen molar-refractivity contribution in [2.24, 2.45) is 0 Å². The van der Waals surface area contributed by atoms with Crippen LogP contribution in [0.15, 0.2) is 61.2 Å². The van der Waals surface area contributed by atoms with E-state index in [-0.39, 0.29) is 17.1 Å². The quantitative estimate of drug-likeness (QED) is 0.312. The maximum Gasteiger partial charge on any atom is 0.347 e. The fraction of sp³-hybridized carbons (Fsp3) is 0.200. The van der Waals surface area contributed by atoms with E-state index in [1.807, 2.05) is 13.0 Å². The van der Waals surface area contributed by atoms with Crippen LogP contribution < -0.4 is 14.2 Å². The average molecular weight is 340 g/mol. The molecule has 0 atom stereocenters. The van der Waals surface area contributed by atoms with Crippen LogP contribution >= 0.6 is 0 Å². The number of para-hydroxylation sites is 2. The number of unbranched alkanes of at least 4 members (excludes halogenated alkanes) is 1. The molecule has 0 saturated heterocycles. The summed E-state index contributed by atoms with van der Waals surface area (Å²) in [5.74, 6) is -0.459. The highest BCUT2D eigenvalue weighted by Crippen LogP contribution is 2.32. The van der Waals surface area contributed by atoms with Crippen LogP contribution in [-0.2, 0) is 4.79 Å². The second kappa shape index (κ2) is 9.27. The number of hydrogen-bond acceptors (Lipinski definition) is 5. The van der Waals surface area contributed by atoms with Gasteiger partial charge in [0, 0.05) is 6.08 Å². The molecule has 2 rings (SSSR count). The summed E-state index contributed by atoms with van der Waals surface area (Å²) in [6.45, 7) is 5.79. The highest BCUT2D eigenvalue weighted by atomic mass is 16.6. The van der Waals surface area contributed by atoms with Gasteiger partial charge in [0.2, 0.25) is 0 Å². The monoisotopic (exact) mass is 340 g/mol. The van der Waals surface area contributed by atoms with Crippen LogP contribution in [0.25, 0.3) is 0 Å². The zero-order valence-corrected chi connectivity index (χ0v) is 14.1. The lowest BCUT2D eigenvalue weighted by atomic mass is 10.2. The SMILES string of the molecule is C=CC(=O)Oc1cccc(C(=O)Oc2ccccc2)c1OCCCC. The van der Waals surface area contributed by atoms with Crippen LogP contribution in [0, 0.1) is 0 Å². The topological polar surface area (TPSA) is 61.8 Å². The van der Waals surface area contributed by atoms with Crippen LogP contribution in [0.1, 0.15) is 30.1 Å². The van der Waals surface area contributed by atoms with E-state index in [1.54, 1.807) is 42.5 Å². The highest BCUT2D eigenvalue weighted by Gasteiger charge is 2.20.